The zero-order valence-electron chi connectivity index (χ0n) is 12.0. The molecule has 1 heterocycles. The van der Waals surface area contributed by atoms with Gasteiger partial charge in [0.2, 0.25) is 0 Å². The third-order valence-electron chi connectivity index (χ3n) is 4.30. The first-order valence-electron chi connectivity index (χ1n) is 7.35. The number of nitrogens with zero attached hydrogens (tertiary/aromatic N) is 1. The molecule has 3 rings (SSSR count). The fraction of sp³-hybridized carbons (Fsp3) is 0.412. The molecule has 106 valence electrons. The van der Waals surface area contributed by atoms with Crippen LogP contribution in [0.1, 0.15) is 17.2 Å². The first kappa shape index (κ1) is 13.6. The van der Waals surface area contributed by atoms with Crippen molar-refractivity contribution in [3.05, 3.63) is 47.5 Å². The van der Waals surface area contributed by atoms with Gasteiger partial charge in [-0.1, -0.05) is 36.4 Å². The van der Waals surface area contributed by atoms with Gasteiger partial charge in [0.25, 0.3) is 0 Å². The SMILES string of the molecule is Cc1ccc([C@@H](CO)N2CCNCC2)c2ccccc12. The van der Waals surface area contributed by atoms with E-state index in [1.165, 1.54) is 21.9 Å². The molecule has 1 atom stereocenters. The molecule has 1 aliphatic heterocycles. The number of hydrogen-bond acceptors (Lipinski definition) is 3. The van der Waals surface area contributed by atoms with Crippen molar-refractivity contribution in [2.75, 3.05) is 32.8 Å². The molecular formula is C17H22N2O. The van der Waals surface area contributed by atoms with E-state index in [9.17, 15) is 5.11 Å². The first-order valence-corrected chi connectivity index (χ1v) is 7.35. The van der Waals surface area contributed by atoms with Crippen LogP contribution in [0.3, 0.4) is 0 Å². The molecule has 2 aromatic carbocycles. The van der Waals surface area contributed by atoms with Crippen molar-refractivity contribution in [2.45, 2.75) is 13.0 Å². The molecule has 0 saturated carbocycles. The standard InChI is InChI=1S/C17H22N2O/c1-13-6-7-16(15-5-3-2-4-14(13)15)17(12-20)19-10-8-18-9-11-19/h2-7,17-18,20H,8-12H2,1H3/t17-/m1/s1. The second kappa shape index (κ2) is 5.92. The smallest absolute Gasteiger partial charge is 0.0628 e. The highest BCUT2D eigenvalue weighted by Crippen LogP contribution is 2.30. The van der Waals surface area contributed by atoms with E-state index in [1.807, 2.05) is 0 Å². The molecule has 0 spiro atoms. The van der Waals surface area contributed by atoms with Crippen LogP contribution in [0.25, 0.3) is 10.8 Å². The molecular weight excluding hydrogens is 248 g/mol. The van der Waals surface area contributed by atoms with Crippen LogP contribution in [0.2, 0.25) is 0 Å². The second-order valence-corrected chi connectivity index (χ2v) is 5.50. The number of nitrogens with one attached hydrogen (secondary N) is 1. The molecule has 0 bridgehead atoms. The number of benzene rings is 2. The number of aliphatic hydroxyl groups is 1. The molecule has 2 aromatic rings. The Labute approximate surface area is 120 Å². The summed E-state index contributed by atoms with van der Waals surface area (Å²) in [4.78, 5) is 2.38. The predicted octanol–water partition coefficient (Wildman–Crippen LogP) is 2.09. The molecule has 2 N–H and O–H groups in total. The normalized spacial score (nSPS) is 18.3. The van der Waals surface area contributed by atoms with Gasteiger partial charge in [-0.2, -0.15) is 0 Å². The summed E-state index contributed by atoms with van der Waals surface area (Å²) in [6, 6.07) is 12.9. The molecule has 0 aliphatic carbocycles. The number of aryl methyl sites for hydroxylation is 1. The maximum absolute atomic E-state index is 9.90. The summed E-state index contributed by atoms with van der Waals surface area (Å²) in [5.74, 6) is 0. The summed E-state index contributed by atoms with van der Waals surface area (Å²) >= 11 is 0. The Bertz CT molecular complexity index is 591. The number of fused-ring (bicyclic) bond motifs is 1. The Morgan fingerprint density at radius 3 is 2.50 bits per heavy atom. The maximum Gasteiger partial charge on any atom is 0.0628 e. The van der Waals surface area contributed by atoms with Crippen LogP contribution in [0.5, 0.6) is 0 Å². The number of hydrogen-bond donors (Lipinski definition) is 2. The van der Waals surface area contributed by atoms with Gasteiger partial charge in [0.05, 0.1) is 12.6 Å². The topological polar surface area (TPSA) is 35.5 Å². The molecule has 0 radical (unpaired) electrons. The minimum absolute atomic E-state index is 0.0996. The molecule has 0 amide bonds. The fourth-order valence-electron chi connectivity index (χ4n) is 3.17. The van der Waals surface area contributed by atoms with Gasteiger partial charge in [-0.15, -0.1) is 0 Å². The van der Waals surface area contributed by atoms with Gasteiger partial charge in [-0.3, -0.25) is 4.90 Å². The van der Waals surface area contributed by atoms with Gasteiger partial charge in [0.15, 0.2) is 0 Å². The monoisotopic (exact) mass is 270 g/mol. The molecule has 0 aromatic heterocycles. The summed E-state index contributed by atoms with van der Waals surface area (Å²) < 4.78 is 0. The Kier molecular flexibility index (Phi) is 4.01. The van der Waals surface area contributed by atoms with Gasteiger partial charge in [0, 0.05) is 26.2 Å². The first-order chi connectivity index (χ1) is 9.81. The molecule has 1 saturated heterocycles. The van der Waals surface area contributed by atoms with Crippen LogP contribution in [0.15, 0.2) is 36.4 Å². The minimum atomic E-state index is 0.0996. The largest absolute Gasteiger partial charge is 0.394 e. The number of rotatable bonds is 3. The highest BCUT2D eigenvalue weighted by molar-refractivity contribution is 5.88. The zero-order valence-corrected chi connectivity index (χ0v) is 12.0. The van der Waals surface area contributed by atoms with E-state index in [1.54, 1.807) is 0 Å². The lowest BCUT2D eigenvalue weighted by Crippen LogP contribution is -2.46. The van der Waals surface area contributed by atoms with Crippen LogP contribution < -0.4 is 5.32 Å². The maximum atomic E-state index is 9.90. The summed E-state index contributed by atoms with van der Waals surface area (Å²) in [5, 5.41) is 15.8. The molecule has 3 heteroatoms. The molecule has 3 nitrogen and oxygen atoms in total. The zero-order chi connectivity index (χ0) is 13.9. The Hall–Kier alpha value is -1.42. The highest BCUT2D eigenvalue weighted by Gasteiger charge is 2.23. The predicted molar refractivity (Wildman–Crippen MR) is 83.0 cm³/mol. The lowest BCUT2D eigenvalue weighted by Gasteiger charge is -2.34. The van der Waals surface area contributed by atoms with E-state index in [2.05, 4.69) is 53.5 Å². The number of piperazine rings is 1. The van der Waals surface area contributed by atoms with Crippen molar-refractivity contribution >= 4 is 10.8 Å². The van der Waals surface area contributed by atoms with Crippen molar-refractivity contribution < 1.29 is 5.11 Å². The van der Waals surface area contributed by atoms with E-state index in [4.69, 9.17) is 0 Å². The van der Waals surface area contributed by atoms with Crippen molar-refractivity contribution in [3.63, 3.8) is 0 Å². The van der Waals surface area contributed by atoms with E-state index < -0.39 is 0 Å². The van der Waals surface area contributed by atoms with Gasteiger partial charge in [-0.25, -0.2) is 0 Å². The van der Waals surface area contributed by atoms with Crippen LogP contribution in [-0.4, -0.2) is 42.8 Å². The van der Waals surface area contributed by atoms with Gasteiger partial charge in [0.1, 0.15) is 0 Å². The Morgan fingerprint density at radius 1 is 1.10 bits per heavy atom. The van der Waals surface area contributed by atoms with E-state index >= 15 is 0 Å². The van der Waals surface area contributed by atoms with Crippen molar-refractivity contribution in [1.29, 1.82) is 0 Å². The van der Waals surface area contributed by atoms with Crippen LogP contribution in [0, 0.1) is 6.92 Å². The average molecular weight is 270 g/mol. The highest BCUT2D eigenvalue weighted by atomic mass is 16.3. The van der Waals surface area contributed by atoms with Crippen molar-refractivity contribution in [3.8, 4) is 0 Å². The molecule has 1 fully saturated rings. The quantitative estimate of drug-likeness (QED) is 0.896. The van der Waals surface area contributed by atoms with Crippen molar-refractivity contribution in [1.82, 2.24) is 10.2 Å². The van der Waals surface area contributed by atoms with Crippen molar-refractivity contribution in [2.24, 2.45) is 0 Å². The third-order valence-corrected chi connectivity index (χ3v) is 4.30. The average Bonchev–Trinajstić information content (AvgIpc) is 2.52. The lowest BCUT2D eigenvalue weighted by atomic mass is 9.95. The summed E-state index contributed by atoms with van der Waals surface area (Å²) in [6.45, 7) is 6.30. The summed E-state index contributed by atoms with van der Waals surface area (Å²) in [6.07, 6.45) is 0. The van der Waals surface area contributed by atoms with E-state index in [0.29, 0.717) is 0 Å². The van der Waals surface area contributed by atoms with Gasteiger partial charge >= 0.3 is 0 Å². The third kappa shape index (κ3) is 2.44. The second-order valence-electron chi connectivity index (χ2n) is 5.50. The molecule has 20 heavy (non-hydrogen) atoms. The number of aliphatic hydroxyl groups excluding tert-OH is 1. The minimum Gasteiger partial charge on any atom is -0.394 e. The van der Waals surface area contributed by atoms with Gasteiger partial charge < -0.3 is 10.4 Å². The fourth-order valence-corrected chi connectivity index (χ4v) is 3.17. The summed E-state index contributed by atoms with van der Waals surface area (Å²) in [5.41, 5.74) is 2.54. The van der Waals surface area contributed by atoms with Crippen LogP contribution >= 0.6 is 0 Å². The van der Waals surface area contributed by atoms with Crippen LogP contribution in [0.4, 0.5) is 0 Å². The lowest BCUT2D eigenvalue weighted by molar-refractivity contribution is 0.111. The van der Waals surface area contributed by atoms with Crippen LogP contribution in [-0.2, 0) is 0 Å². The van der Waals surface area contributed by atoms with Gasteiger partial charge in [-0.05, 0) is 28.8 Å². The Morgan fingerprint density at radius 2 is 1.80 bits per heavy atom. The van der Waals surface area contributed by atoms with E-state index in [-0.39, 0.29) is 12.6 Å². The van der Waals surface area contributed by atoms with E-state index in [0.717, 1.165) is 26.2 Å². The molecule has 0 unspecified atom stereocenters. The Balaban J connectivity index is 2.05. The molecule has 1 aliphatic rings. The summed E-state index contributed by atoms with van der Waals surface area (Å²) in [7, 11) is 0.